The number of aromatic nitrogens is 3. The lowest BCUT2D eigenvalue weighted by Gasteiger charge is -2.35. The van der Waals surface area contributed by atoms with Crippen LogP contribution < -0.4 is 14.4 Å². The van der Waals surface area contributed by atoms with Gasteiger partial charge in [-0.25, -0.2) is 14.2 Å². The van der Waals surface area contributed by atoms with Crippen molar-refractivity contribution in [1.82, 2.24) is 19.4 Å². The van der Waals surface area contributed by atoms with Crippen LogP contribution in [-0.4, -0.2) is 76.5 Å². The van der Waals surface area contributed by atoms with Gasteiger partial charge in [0.15, 0.2) is 0 Å². The molecule has 0 radical (unpaired) electrons. The van der Waals surface area contributed by atoms with Crippen LogP contribution in [0.1, 0.15) is 28.2 Å². The highest BCUT2D eigenvalue weighted by Crippen LogP contribution is 2.30. The molecule has 42 heavy (non-hydrogen) atoms. The molecular formula is C30H31ClFN5O5. The number of carbonyl (C=O) groups is 1. The van der Waals surface area contributed by atoms with Crippen molar-refractivity contribution in [3.05, 3.63) is 76.3 Å². The summed E-state index contributed by atoms with van der Waals surface area (Å²) in [4.78, 5) is 25.8. The van der Waals surface area contributed by atoms with Crippen molar-refractivity contribution >= 4 is 34.4 Å². The topological polar surface area (TPSA) is 102 Å². The van der Waals surface area contributed by atoms with Gasteiger partial charge >= 0.3 is 5.97 Å². The lowest BCUT2D eigenvalue weighted by Crippen LogP contribution is -2.46. The fourth-order valence-corrected chi connectivity index (χ4v) is 5.42. The zero-order valence-electron chi connectivity index (χ0n) is 23.1. The SMILES string of the molecule is COc1cc(C(=O)O)cc2c1nc(CN1CCN(c3cccc(OCc4ccc(Cl)cc4F)n3)CC1)n2CC1CCO1. The molecule has 12 heteroatoms. The Balaban J connectivity index is 1.14. The summed E-state index contributed by atoms with van der Waals surface area (Å²) < 4.78 is 33.2. The first-order valence-corrected chi connectivity index (χ1v) is 14.2. The van der Waals surface area contributed by atoms with E-state index in [4.69, 9.17) is 30.8 Å². The fraction of sp³-hybridized carbons (Fsp3) is 0.367. The molecule has 4 heterocycles. The molecule has 2 aromatic carbocycles. The van der Waals surface area contributed by atoms with Gasteiger partial charge < -0.3 is 28.8 Å². The number of ether oxygens (including phenoxy) is 3. The summed E-state index contributed by atoms with van der Waals surface area (Å²) in [5.74, 6) is 1.08. The maximum Gasteiger partial charge on any atom is 0.335 e. The van der Waals surface area contributed by atoms with Crippen molar-refractivity contribution in [1.29, 1.82) is 0 Å². The van der Waals surface area contributed by atoms with E-state index >= 15 is 0 Å². The van der Waals surface area contributed by atoms with Gasteiger partial charge in [-0.15, -0.1) is 0 Å². The van der Waals surface area contributed by atoms with Gasteiger partial charge in [0, 0.05) is 49.4 Å². The van der Waals surface area contributed by atoms with Crippen molar-refractivity contribution in [2.75, 3.05) is 44.8 Å². The molecule has 0 bridgehead atoms. The van der Waals surface area contributed by atoms with E-state index < -0.39 is 11.8 Å². The summed E-state index contributed by atoms with van der Waals surface area (Å²) in [6.45, 7) is 5.06. The second-order valence-corrected chi connectivity index (χ2v) is 10.8. The number of imidazole rings is 1. The van der Waals surface area contributed by atoms with E-state index in [1.165, 1.54) is 19.2 Å². The van der Waals surface area contributed by atoms with Crippen LogP contribution in [-0.2, 0) is 24.4 Å². The van der Waals surface area contributed by atoms with Crippen LogP contribution in [0.25, 0.3) is 11.0 Å². The van der Waals surface area contributed by atoms with Crippen LogP contribution in [0.4, 0.5) is 10.2 Å². The monoisotopic (exact) mass is 595 g/mol. The number of methoxy groups -OCH3 is 1. The van der Waals surface area contributed by atoms with Gasteiger partial charge in [-0.3, -0.25) is 4.90 Å². The molecule has 10 nitrogen and oxygen atoms in total. The zero-order chi connectivity index (χ0) is 29.2. The summed E-state index contributed by atoms with van der Waals surface area (Å²) in [5.41, 5.74) is 1.95. The molecule has 2 aliphatic heterocycles. The van der Waals surface area contributed by atoms with Crippen LogP contribution in [0.15, 0.2) is 48.5 Å². The number of hydrogen-bond donors (Lipinski definition) is 1. The summed E-state index contributed by atoms with van der Waals surface area (Å²) in [6.07, 6.45) is 1.03. The van der Waals surface area contributed by atoms with Crippen LogP contribution in [0, 0.1) is 5.82 Å². The minimum absolute atomic E-state index is 0.0544. The molecule has 1 atom stereocenters. The fourth-order valence-electron chi connectivity index (χ4n) is 5.26. The van der Waals surface area contributed by atoms with E-state index in [0.717, 1.165) is 56.4 Å². The van der Waals surface area contributed by atoms with E-state index in [1.54, 1.807) is 24.3 Å². The highest BCUT2D eigenvalue weighted by molar-refractivity contribution is 6.30. The smallest absolute Gasteiger partial charge is 0.335 e. The first kappa shape index (κ1) is 28.2. The molecule has 2 fully saturated rings. The number of aromatic carboxylic acids is 1. The first-order valence-electron chi connectivity index (χ1n) is 13.8. The average Bonchev–Trinajstić information content (AvgIpc) is 3.31. The van der Waals surface area contributed by atoms with Gasteiger partial charge in [-0.2, -0.15) is 4.98 Å². The van der Waals surface area contributed by atoms with Gasteiger partial charge in [-0.05, 0) is 36.8 Å². The molecule has 0 spiro atoms. The standard InChI is InChI=1S/C30H31ClFN5O5/c1-40-25-14-20(30(38)39)13-24-29(25)34-27(37(24)16-22-7-12-41-22)17-35-8-10-36(11-9-35)26-3-2-4-28(33-26)42-18-19-5-6-21(31)15-23(19)32/h2-6,13-15,22H,7-12,16-18H2,1H3,(H,38,39). The summed E-state index contributed by atoms with van der Waals surface area (Å²) in [6, 6.07) is 13.3. The molecule has 4 aromatic rings. The van der Waals surface area contributed by atoms with E-state index in [-0.39, 0.29) is 18.3 Å². The summed E-state index contributed by atoms with van der Waals surface area (Å²) >= 11 is 5.84. The molecule has 0 aliphatic carbocycles. The largest absolute Gasteiger partial charge is 0.494 e. The lowest BCUT2D eigenvalue weighted by molar-refractivity contribution is -0.0592. The molecule has 2 aromatic heterocycles. The third-order valence-electron chi connectivity index (χ3n) is 7.71. The molecule has 1 N–H and O–H groups in total. The first-order chi connectivity index (χ1) is 20.4. The minimum atomic E-state index is -1.01. The Morgan fingerprint density at radius 1 is 1.14 bits per heavy atom. The Morgan fingerprint density at radius 2 is 1.95 bits per heavy atom. The number of pyridine rings is 1. The maximum absolute atomic E-state index is 14.1. The van der Waals surface area contributed by atoms with Gasteiger partial charge in [0.05, 0.1) is 37.4 Å². The molecule has 1 unspecified atom stereocenters. The molecule has 220 valence electrons. The third-order valence-corrected chi connectivity index (χ3v) is 7.94. The molecule has 6 rings (SSSR count). The number of carboxylic acids is 1. The van der Waals surface area contributed by atoms with Crippen molar-refractivity contribution in [3.63, 3.8) is 0 Å². The lowest BCUT2D eigenvalue weighted by atomic mass is 10.1. The highest BCUT2D eigenvalue weighted by atomic mass is 35.5. The quantitative estimate of drug-likeness (QED) is 0.281. The number of fused-ring (bicyclic) bond motifs is 1. The highest BCUT2D eigenvalue weighted by Gasteiger charge is 2.26. The second-order valence-electron chi connectivity index (χ2n) is 10.4. The number of benzene rings is 2. The maximum atomic E-state index is 14.1. The number of rotatable bonds is 10. The van der Waals surface area contributed by atoms with Crippen molar-refractivity contribution < 1.29 is 28.5 Å². The Hall–Kier alpha value is -3.93. The van der Waals surface area contributed by atoms with Crippen molar-refractivity contribution in [2.45, 2.75) is 32.2 Å². The van der Waals surface area contributed by atoms with E-state index in [9.17, 15) is 14.3 Å². The van der Waals surface area contributed by atoms with Crippen molar-refractivity contribution in [3.8, 4) is 11.6 Å². The normalized spacial score (nSPS) is 17.3. The van der Waals surface area contributed by atoms with Gasteiger partial charge in [0.25, 0.3) is 0 Å². The molecule has 0 saturated carbocycles. The number of nitrogens with zero attached hydrogens (tertiary/aromatic N) is 5. The predicted octanol–water partition coefficient (Wildman–Crippen LogP) is 4.62. The van der Waals surface area contributed by atoms with E-state index in [2.05, 4.69) is 19.4 Å². The van der Waals surface area contributed by atoms with Crippen LogP contribution >= 0.6 is 11.6 Å². The molecule has 2 saturated heterocycles. The summed E-state index contributed by atoms with van der Waals surface area (Å²) in [7, 11) is 1.53. The van der Waals surface area contributed by atoms with E-state index in [1.807, 2.05) is 12.1 Å². The zero-order valence-corrected chi connectivity index (χ0v) is 23.9. The van der Waals surface area contributed by atoms with E-state index in [0.29, 0.717) is 40.8 Å². The third kappa shape index (κ3) is 5.99. The summed E-state index contributed by atoms with van der Waals surface area (Å²) in [5, 5.41) is 9.99. The second kappa shape index (κ2) is 12.1. The Bertz CT molecular complexity index is 1600. The van der Waals surface area contributed by atoms with Gasteiger partial charge in [0.1, 0.15) is 35.3 Å². The number of halogens is 2. The Morgan fingerprint density at radius 3 is 2.64 bits per heavy atom. The van der Waals surface area contributed by atoms with Crippen LogP contribution in [0.3, 0.4) is 0 Å². The van der Waals surface area contributed by atoms with Gasteiger partial charge in [-0.1, -0.05) is 23.7 Å². The Labute approximate surface area is 247 Å². The molecule has 2 aliphatic rings. The Kier molecular flexibility index (Phi) is 8.14. The number of piperazine rings is 1. The van der Waals surface area contributed by atoms with Crippen LogP contribution in [0.5, 0.6) is 11.6 Å². The molecule has 0 amide bonds. The molecular weight excluding hydrogens is 565 g/mol. The minimum Gasteiger partial charge on any atom is -0.494 e. The number of anilines is 1. The van der Waals surface area contributed by atoms with Gasteiger partial charge in [0.2, 0.25) is 5.88 Å². The van der Waals surface area contributed by atoms with Crippen LogP contribution in [0.2, 0.25) is 5.02 Å². The average molecular weight is 596 g/mol. The van der Waals surface area contributed by atoms with Crippen molar-refractivity contribution in [2.24, 2.45) is 0 Å². The predicted molar refractivity (Wildman–Crippen MR) is 155 cm³/mol. The number of hydrogen-bond acceptors (Lipinski definition) is 8. The number of carboxylic acid groups (broad SMARTS) is 1.